The number of nitrogens with one attached hydrogen (secondary N) is 1. The van der Waals surface area contributed by atoms with Gasteiger partial charge < -0.3 is 14.8 Å². The Morgan fingerprint density at radius 1 is 1.33 bits per heavy atom. The molecule has 1 aromatic heterocycles. The van der Waals surface area contributed by atoms with E-state index in [-0.39, 0.29) is 6.61 Å². The molecule has 2 aromatic rings. The van der Waals surface area contributed by atoms with Gasteiger partial charge in [-0.05, 0) is 5.56 Å². The van der Waals surface area contributed by atoms with Crippen LogP contribution in [0.1, 0.15) is 11.4 Å². The van der Waals surface area contributed by atoms with Gasteiger partial charge in [0, 0.05) is 31.9 Å². The topological polar surface area (TPSA) is 61.4 Å². The molecule has 1 aliphatic rings. The van der Waals surface area contributed by atoms with Crippen LogP contribution in [0.3, 0.4) is 0 Å². The number of ether oxygens (including phenoxy) is 1. The van der Waals surface area contributed by atoms with E-state index >= 15 is 0 Å². The Morgan fingerprint density at radius 2 is 2.19 bits per heavy atom. The third-order valence-electron chi connectivity index (χ3n) is 3.91. The first kappa shape index (κ1) is 14.3. The average molecular weight is 287 g/mol. The van der Waals surface area contributed by atoms with Crippen LogP contribution in [0.5, 0.6) is 0 Å². The van der Waals surface area contributed by atoms with Gasteiger partial charge in [-0.3, -0.25) is 4.90 Å². The van der Waals surface area contributed by atoms with Crippen LogP contribution >= 0.6 is 0 Å². The number of aromatic nitrogens is 2. The molecular weight excluding hydrogens is 266 g/mol. The molecule has 0 amide bonds. The molecule has 5 heteroatoms. The first-order chi connectivity index (χ1) is 10.3. The summed E-state index contributed by atoms with van der Waals surface area (Å²) in [6.07, 6.45) is 4.32. The normalized spacial score (nSPS) is 23.3. The van der Waals surface area contributed by atoms with Crippen LogP contribution in [0.15, 0.2) is 42.7 Å². The number of H-pyrrole nitrogens is 1. The van der Waals surface area contributed by atoms with Crippen LogP contribution in [-0.4, -0.2) is 51.9 Å². The summed E-state index contributed by atoms with van der Waals surface area (Å²) in [6, 6.07) is 10.2. The van der Waals surface area contributed by atoms with Gasteiger partial charge in [-0.1, -0.05) is 30.3 Å². The molecule has 21 heavy (non-hydrogen) atoms. The minimum Gasteiger partial charge on any atom is -0.393 e. The Morgan fingerprint density at radius 3 is 2.90 bits per heavy atom. The Hall–Kier alpha value is -1.69. The molecule has 2 N–H and O–H groups in total. The summed E-state index contributed by atoms with van der Waals surface area (Å²) in [5.41, 5.74) is 0.665. The van der Waals surface area contributed by atoms with Gasteiger partial charge in [0.2, 0.25) is 0 Å². The average Bonchev–Trinajstić information content (AvgIpc) is 3.01. The Bertz CT molecular complexity index is 544. The number of rotatable bonds is 5. The second kappa shape index (κ2) is 6.39. The fraction of sp³-hybridized carbons (Fsp3) is 0.438. The molecule has 1 atom stereocenters. The summed E-state index contributed by atoms with van der Waals surface area (Å²) in [4.78, 5) is 9.67. The van der Waals surface area contributed by atoms with E-state index in [9.17, 15) is 5.11 Å². The Kier molecular flexibility index (Phi) is 4.34. The lowest BCUT2D eigenvalue weighted by molar-refractivity contribution is -0.134. The maximum Gasteiger partial charge on any atom is 0.120 e. The fourth-order valence-electron chi connectivity index (χ4n) is 2.88. The van der Waals surface area contributed by atoms with E-state index in [1.807, 2.05) is 24.4 Å². The molecule has 0 spiro atoms. The SMILES string of the molecule is OC[C@]1(Cc2ccccc2)CN(Cc2ncc[nH]2)CCO1. The zero-order valence-electron chi connectivity index (χ0n) is 12.0. The van der Waals surface area contributed by atoms with Crippen molar-refractivity contribution < 1.29 is 9.84 Å². The quantitative estimate of drug-likeness (QED) is 0.868. The van der Waals surface area contributed by atoms with Crippen molar-refractivity contribution >= 4 is 0 Å². The second-order valence-electron chi connectivity index (χ2n) is 5.60. The van der Waals surface area contributed by atoms with Crippen LogP contribution < -0.4 is 0 Å². The molecule has 5 nitrogen and oxygen atoms in total. The predicted molar refractivity (Wildman–Crippen MR) is 79.8 cm³/mol. The van der Waals surface area contributed by atoms with Crippen molar-refractivity contribution in [2.24, 2.45) is 0 Å². The van der Waals surface area contributed by atoms with Gasteiger partial charge >= 0.3 is 0 Å². The van der Waals surface area contributed by atoms with Crippen molar-refractivity contribution in [1.29, 1.82) is 0 Å². The predicted octanol–water partition coefficient (Wildman–Crippen LogP) is 1.22. The fourth-order valence-corrected chi connectivity index (χ4v) is 2.88. The third-order valence-corrected chi connectivity index (χ3v) is 3.91. The van der Waals surface area contributed by atoms with Crippen molar-refractivity contribution in [3.05, 3.63) is 54.1 Å². The van der Waals surface area contributed by atoms with Gasteiger partial charge in [0.1, 0.15) is 11.4 Å². The van der Waals surface area contributed by atoms with E-state index < -0.39 is 5.60 Å². The highest BCUT2D eigenvalue weighted by Gasteiger charge is 2.36. The van der Waals surface area contributed by atoms with E-state index in [0.717, 1.165) is 25.3 Å². The molecule has 3 rings (SSSR count). The third kappa shape index (κ3) is 3.50. The molecule has 0 bridgehead atoms. The van der Waals surface area contributed by atoms with E-state index in [4.69, 9.17) is 4.74 Å². The zero-order valence-corrected chi connectivity index (χ0v) is 12.0. The number of hydrogen-bond donors (Lipinski definition) is 2. The van der Waals surface area contributed by atoms with E-state index in [2.05, 4.69) is 27.0 Å². The lowest BCUT2D eigenvalue weighted by Gasteiger charge is -2.41. The van der Waals surface area contributed by atoms with Crippen molar-refractivity contribution in [3.8, 4) is 0 Å². The summed E-state index contributed by atoms with van der Waals surface area (Å²) < 4.78 is 5.95. The van der Waals surface area contributed by atoms with Crippen LogP contribution in [-0.2, 0) is 17.7 Å². The van der Waals surface area contributed by atoms with Crippen LogP contribution in [0.2, 0.25) is 0 Å². The summed E-state index contributed by atoms with van der Waals surface area (Å²) in [5.74, 6) is 0.948. The van der Waals surface area contributed by atoms with Crippen LogP contribution in [0, 0.1) is 0 Å². The maximum absolute atomic E-state index is 9.87. The summed E-state index contributed by atoms with van der Waals surface area (Å²) >= 11 is 0. The molecule has 0 aliphatic carbocycles. The molecule has 1 aliphatic heterocycles. The first-order valence-corrected chi connectivity index (χ1v) is 7.29. The largest absolute Gasteiger partial charge is 0.393 e. The van der Waals surface area contributed by atoms with Gasteiger partial charge in [-0.25, -0.2) is 4.98 Å². The minimum atomic E-state index is -0.522. The molecule has 112 valence electrons. The highest BCUT2D eigenvalue weighted by atomic mass is 16.5. The lowest BCUT2D eigenvalue weighted by Crippen LogP contribution is -2.55. The molecule has 1 aromatic carbocycles. The minimum absolute atomic E-state index is 0.0244. The van der Waals surface area contributed by atoms with Gasteiger partial charge in [-0.15, -0.1) is 0 Å². The number of benzene rings is 1. The van der Waals surface area contributed by atoms with E-state index in [1.165, 1.54) is 5.56 Å². The maximum atomic E-state index is 9.87. The van der Waals surface area contributed by atoms with E-state index in [0.29, 0.717) is 13.2 Å². The van der Waals surface area contributed by atoms with Gasteiger partial charge in [0.15, 0.2) is 0 Å². The van der Waals surface area contributed by atoms with E-state index in [1.54, 1.807) is 6.20 Å². The van der Waals surface area contributed by atoms with Gasteiger partial charge in [0.25, 0.3) is 0 Å². The number of aliphatic hydroxyl groups excluding tert-OH is 1. The summed E-state index contributed by atoms with van der Waals surface area (Å²) in [7, 11) is 0. The van der Waals surface area contributed by atoms with Crippen LogP contribution in [0.4, 0.5) is 0 Å². The lowest BCUT2D eigenvalue weighted by atomic mass is 9.93. The van der Waals surface area contributed by atoms with Crippen molar-refractivity contribution in [2.45, 2.75) is 18.6 Å². The van der Waals surface area contributed by atoms with Crippen molar-refractivity contribution in [1.82, 2.24) is 14.9 Å². The molecule has 0 unspecified atom stereocenters. The zero-order chi connectivity index (χ0) is 14.5. The molecular formula is C16H21N3O2. The molecule has 1 fully saturated rings. The van der Waals surface area contributed by atoms with Crippen molar-refractivity contribution in [3.63, 3.8) is 0 Å². The molecule has 2 heterocycles. The second-order valence-corrected chi connectivity index (χ2v) is 5.60. The number of morpholine rings is 1. The standard InChI is InChI=1S/C16H21N3O2/c20-13-16(10-14-4-2-1-3-5-14)12-19(8-9-21-16)11-15-17-6-7-18-15/h1-7,20H,8-13H2,(H,17,18)/t16-/m0/s1. The Balaban J connectivity index is 1.69. The highest BCUT2D eigenvalue weighted by molar-refractivity contribution is 5.18. The molecule has 1 saturated heterocycles. The number of imidazole rings is 1. The first-order valence-electron chi connectivity index (χ1n) is 7.29. The molecule has 0 radical (unpaired) electrons. The highest BCUT2D eigenvalue weighted by Crippen LogP contribution is 2.23. The van der Waals surface area contributed by atoms with Crippen molar-refractivity contribution in [2.75, 3.05) is 26.3 Å². The monoisotopic (exact) mass is 287 g/mol. The Labute approximate surface area is 124 Å². The number of aliphatic hydroxyl groups is 1. The summed E-state index contributed by atoms with van der Waals surface area (Å²) in [6.45, 7) is 2.98. The van der Waals surface area contributed by atoms with Gasteiger partial charge in [0.05, 0.1) is 19.8 Å². The van der Waals surface area contributed by atoms with Crippen LogP contribution in [0.25, 0.3) is 0 Å². The summed E-state index contributed by atoms with van der Waals surface area (Å²) in [5, 5.41) is 9.87. The number of aromatic amines is 1. The smallest absolute Gasteiger partial charge is 0.120 e. The molecule has 0 saturated carbocycles. The van der Waals surface area contributed by atoms with Gasteiger partial charge in [-0.2, -0.15) is 0 Å². The number of nitrogens with zero attached hydrogens (tertiary/aromatic N) is 2. The number of hydrogen-bond acceptors (Lipinski definition) is 4.